The molecule has 0 fully saturated rings. The molecule has 0 nitrogen and oxygen atoms in total. The van der Waals surface area contributed by atoms with Crippen LogP contribution in [0.3, 0.4) is 0 Å². The van der Waals surface area contributed by atoms with Gasteiger partial charge in [0.2, 0.25) is 0 Å². The molecule has 0 bridgehead atoms. The highest BCUT2D eigenvalue weighted by Gasteiger charge is 2.24. The topological polar surface area (TPSA) is 0 Å². The summed E-state index contributed by atoms with van der Waals surface area (Å²) in [5.41, 5.74) is 1.56. The molecule has 24 heavy (non-hydrogen) atoms. The number of rotatable bonds is 6. The highest BCUT2D eigenvalue weighted by molar-refractivity contribution is 5.83. The van der Waals surface area contributed by atoms with Crippen molar-refractivity contribution in [2.75, 3.05) is 0 Å². The summed E-state index contributed by atoms with van der Waals surface area (Å²) < 4.78 is 28.6. The predicted molar refractivity (Wildman–Crippen MR) is 96.5 cm³/mol. The lowest BCUT2D eigenvalue weighted by Crippen LogP contribution is -2.08. The Kier molecular flexibility index (Phi) is 5.24. The molecule has 124 valence electrons. The minimum absolute atomic E-state index is 0.244. The average molecular weight is 324 g/mol. The lowest BCUT2D eigenvalue weighted by Gasteiger charge is -2.22. The van der Waals surface area contributed by atoms with Crippen LogP contribution >= 0.6 is 0 Å². The van der Waals surface area contributed by atoms with E-state index < -0.39 is 6.17 Å². The lowest BCUT2D eigenvalue weighted by molar-refractivity contribution is 0.274. The van der Waals surface area contributed by atoms with Gasteiger partial charge in [-0.15, -0.1) is 0 Å². The summed E-state index contributed by atoms with van der Waals surface area (Å²) in [7, 11) is 0. The Morgan fingerprint density at radius 2 is 1.50 bits per heavy atom. The zero-order valence-electron chi connectivity index (χ0n) is 13.9. The smallest absolute Gasteiger partial charge is 0.132 e. The quantitative estimate of drug-likeness (QED) is 0.459. The summed E-state index contributed by atoms with van der Waals surface area (Å²) in [4.78, 5) is 0. The number of hydrogen-bond acceptors (Lipinski definition) is 0. The van der Waals surface area contributed by atoms with Crippen molar-refractivity contribution in [1.82, 2.24) is 0 Å². The second kappa shape index (κ2) is 7.57. The molecule has 0 aliphatic rings. The molecule has 0 spiro atoms. The van der Waals surface area contributed by atoms with Crippen molar-refractivity contribution in [2.45, 2.75) is 38.3 Å². The molecule has 0 radical (unpaired) electrons. The molecule has 0 aliphatic carbocycles. The van der Waals surface area contributed by atoms with Crippen molar-refractivity contribution in [3.8, 4) is 0 Å². The van der Waals surface area contributed by atoms with Crippen LogP contribution in [0.2, 0.25) is 0 Å². The molecule has 2 atom stereocenters. The largest absolute Gasteiger partial charge is 0.242 e. The molecule has 3 rings (SSSR count). The van der Waals surface area contributed by atoms with E-state index in [-0.39, 0.29) is 11.7 Å². The summed E-state index contributed by atoms with van der Waals surface area (Å²) in [6.45, 7) is 2.10. The molecular weight excluding hydrogens is 302 g/mol. The molecule has 0 aliphatic heterocycles. The van der Waals surface area contributed by atoms with E-state index in [0.29, 0.717) is 5.56 Å². The van der Waals surface area contributed by atoms with E-state index in [4.69, 9.17) is 0 Å². The fourth-order valence-electron chi connectivity index (χ4n) is 3.23. The lowest BCUT2D eigenvalue weighted by atomic mass is 9.85. The number of unbranched alkanes of at least 4 members (excludes halogenated alkanes) is 1. The van der Waals surface area contributed by atoms with Crippen LogP contribution in [-0.4, -0.2) is 0 Å². The van der Waals surface area contributed by atoms with Gasteiger partial charge in [-0.1, -0.05) is 68.3 Å². The third-order valence-corrected chi connectivity index (χ3v) is 4.61. The second-order valence-corrected chi connectivity index (χ2v) is 6.31. The average Bonchev–Trinajstić information content (AvgIpc) is 2.63. The van der Waals surface area contributed by atoms with Gasteiger partial charge in [0.1, 0.15) is 12.0 Å². The molecule has 0 saturated carbocycles. The van der Waals surface area contributed by atoms with Crippen LogP contribution in [0.1, 0.15) is 49.4 Å². The standard InChI is InChI=1S/C22H22F2/c1-2-3-8-21(17-11-13-20(23)14-12-17)22(24)19-10-9-16-6-4-5-7-18(16)15-19/h4-7,9-15,21-22H,2-3,8H2,1H3. The predicted octanol–water partition coefficient (Wildman–Crippen LogP) is 6.96. The normalized spacial score (nSPS) is 13.8. The van der Waals surface area contributed by atoms with E-state index in [9.17, 15) is 4.39 Å². The summed E-state index contributed by atoms with van der Waals surface area (Å²) >= 11 is 0. The number of fused-ring (bicyclic) bond motifs is 1. The third kappa shape index (κ3) is 3.64. The van der Waals surface area contributed by atoms with Crippen molar-refractivity contribution >= 4 is 10.8 Å². The maximum absolute atomic E-state index is 15.3. The minimum Gasteiger partial charge on any atom is -0.242 e. The number of benzene rings is 3. The van der Waals surface area contributed by atoms with E-state index in [1.165, 1.54) is 12.1 Å². The maximum Gasteiger partial charge on any atom is 0.132 e. The van der Waals surface area contributed by atoms with Gasteiger partial charge >= 0.3 is 0 Å². The molecule has 0 N–H and O–H groups in total. The van der Waals surface area contributed by atoms with Gasteiger partial charge in [0, 0.05) is 5.92 Å². The molecular formula is C22H22F2. The van der Waals surface area contributed by atoms with Crippen molar-refractivity contribution in [2.24, 2.45) is 0 Å². The molecule has 3 aromatic carbocycles. The van der Waals surface area contributed by atoms with Gasteiger partial charge < -0.3 is 0 Å². The second-order valence-electron chi connectivity index (χ2n) is 6.31. The summed E-state index contributed by atoms with van der Waals surface area (Å²) in [5.74, 6) is -0.527. The van der Waals surface area contributed by atoms with Crippen LogP contribution in [0, 0.1) is 5.82 Å². The highest BCUT2D eigenvalue weighted by atomic mass is 19.1. The maximum atomic E-state index is 15.3. The third-order valence-electron chi connectivity index (χ3n) is 4.61. The molecule has 2 heteroatoms. The zero-order chi connectivity index (χ0) is 16.9. The Morgan fingerprint density at radius 3 is 2.21 bits per heavy atom. The first kappa shape index (κ1) is 16.6. The Bertz CT molecular complexity index is 792. The van der Waals surface area contributed by atoms with Gasteiger partial charge in [0.25, 0.3) is 0 Å². The van der Waals surface area contributed by atoms with E-state index in [0.717, 1.165) is 35.6 Å². The first-order valence-electron chi connectivity index (χ1n) is 8.57. The summed E-state index contributed by atoms with van der Waals surface area (Å²) in [6.07, 6.45) is 1.64. The number of halogens is 2. The van der Waals surface area contributed by atoms with Crippen LogP contribution in [0.4, 0.5) is 8.78 Å². The minimum atomic E-state index is -1.09. The molecule has 2 unspecified atom stereocenters. The van der Waals surface area contributed by atoms with Crippen molar-refractivity contribution in [3.63, 3.8) is 0 Å². The van der Waals surface area contributed by atoms with Gasteiger partial charge in [-0.3, -0.25) is 0 Å². The summed E-state index contributed by atoms with van der Waals surface area (Å²) in [5, 5.41) is 2.16. The Hall–Kier alpha value is -2.22. The van der Waals surface area contributed by atoms with E-state index in [1.807, 2.05) is 42.5 Å². The molecule has 0 saturated heterocycles. The first-order chi connectivity index (χ1) is 11.7. The van der Waals surface area contributed by atoms with Gasteiger partial charge in [-0.25, -0.2) is 8.78 Å². The van der Waals surface area contributed by atoms with Gasteiger partial charge in [-0.2, -0.15) is 0 Å². The van der Waals surface area contributed by atoms with Crippen LogP contribution in [0.5, 0.6) is 0 Å². The van der Waals surface area contributed by atoms with Gasteiger partial charge in [0.05, 0.1) is 0 Å². The van der Waals surface area contributed by atoms with Crippen molar-refractivity contribution < 1.29 is 8.78 Å². The molecule has 0 aromatic heterocycles. The van der Waals surface area contributed by atoms with Gasteiger partial charge in [-0.05, 0) is 46.5 Å². The molecule has 0 amide bonds. The Labute approximate surface area is 142 Å². The van der Waals surface area contributed by atoms with E-state index >= 15 is 4.39 Å². The molecule has 0 heterocycles. The fraction of sp³-hybridized carbons (Fsp3) is 0.273. The summed E-state index contributed by atoms with van der Waals surface area (Å²) in [6, 6.07) is 20.0. The van der Waals surface area contributed by atoms with E-state index in [1.54, 1.807) is 12.1 Å². The van der Waals surface area contributed by atoms with Crippen LogP contribution in [0.15, 0.2) is 66.7 Å². The Balaban J connectivity index is 1.93. The van der Waals surface area contributed by atoms with Crippen LogP contribution in [-0.2, 0) is 0 Å². The van der Waals surface area contributed by atoms with Crippen LogP contribution in [0.25, 0.3) is 10.8 Å². The highest BCUT2D eigenvalue weighted by Crippen LogP contribution is 2.38. The zero-order valence-corrected chi connectivity index (χ0v) is 13.9. The Morgan fingerprint density at radius 1 is 0.833 bits per heavy atom. The fourth-order valence-corrected chi connectivity index (χ4v) is 3.23. The van der Waals surface area contributed by atoms with Gasteiger partial charge in [0.15, 0.2) is 0 Å². The number of alkyl halides is 1. The van der Waals surface area contributed by atoms with Crippen molar-refractivity contribution in [3.05, 3.63) is 83.7 Å². The van der Waals surface area contributed by atoms with E-state index in [2.05, 4.69) is 6.92 Å². The number of hydrogen-bond donors (Lipinski definition) is 0. The SMILES string of the molecule is CCCCC(c1ccc(F)cc1)C(F)c1ccc2ccccc2c1. The monoisotopic (exact) mass is 324 g/mol. The molecule has 3 aromatic rings. The van der Waals surface area contributed by atoms with Crippen LogP contribution < -0.4 is 0 Å². The first-order valence-corrected chi connectivity index (χ1v) is 8.57. The van der Waals surface area contributed by atoms with Crippen molar-refractivity contribution in [1.29, 1.82) is 0 Å².